The number of alkyl carbamates (subject to hydrolysis) is 1. The second-order valence-corrected chi connectivity index (χ2v) is 33.4. The van der Waals surface area contributed by atoms with Crippen LogP contribution in [-0.4, -0.2) is 217 Å². The highest BCUT2D eigenvalue weighted by Gasteiger charge is 2.81. The van der Waals surface area contributed by atoms with Gasteiger partial charge in [0.05, 0.1) is 71.3 Å². The summed E-state index contributed by atoms with van der Waals surface area (Å²) in [6.07, 6.45) is -22.1. The van der Waals surface area contributed by atoms with E-state index >= 15 is 4.79 Å². The van der Waals surface area contributed by atoms with Crippen LogP contribution in [0.5, 0.6) is 0 Å². The van der Waals surface area contributed by atoms with Gasteiger partial charge in [-0.05, 0) is 104 Å². The number of ketones is 2. The van der Waals surface area contributed by atoms with Gasteiger partial charge in [0.15, 0.2) is 47.7 Å². The van der Waals surface area contributed by atoms with Crippen molar-refractivity contribution in [3.05, 3.63) is 202 Å². The van der Waals surface area contributed by atoms with Crippen LogP contribution in [0.2, 0.25) is 0 Å². The van der Waals surface area contributed by atoms with E-state index in [1.807, 2.05) is 0 Å². The van der Waals surface area contributed by atoms with Crippen LogP contribution in [0.4, 0.5) is 4.79 Å². The molecule has 22 atom stereocenters. The summed E-state index contributed by atoms with van der Waals surface area (Å²) >= 11 is 0. The lowest BCUT2D eigenvalue weighted by molar-refractivity contribution is -0.346. The maximum atomic E-state index is 15.5. The predicted octanol–water partition coefficient (Wildman–Crippen LogP) is 6.22. The van der Waals surface area contributed by atoms with E-state index in [1.54, 1.807) is 148 Å². The van der Waals surface area contributed by atoms with Gasteiger partial charge in [-0.3, -0.25) is 28.8 Å². The zero-order chi connectivity index (χ0) is 87.3. The summed E-state index contributed by atoms with van der Waals surface area (Å²) in [5, 5.41) is 91.6. The van der Waals surface area contributed by atoms with Crippen molar-refractivity contribution in [3.8, 4) is 11.8 Å². The number of hydrogen-bond acceptors (Lipinski definition) is 28. The molecule has 6 aliphatic carbocycles. The molecular formula is C90H100N2O28. The molecule has 120 heavy (non-hydrogen) atoms. The first-order chi connectivity index (χ1) is 56.6. The Labute approximate surface area is 692 Å². The Morgan fingerprint density at radius 3 is 1.26 bits per heavy atom. The van der Waals surface area contributed by atoms with Gasteiger partial charge in [0.25, 0.3) is 5.91 Å². The third-order valence-electron chi connectivity index (χ3n) is 26.1. The number of rotatable bonds is 19. The van der Waals surface area contributed by atoms with Gasteiger partial charge in [-0.2, -0.15) is 0 Å². The van der Waals surface area contributed by atoms with E-state index in [2.05, 4.69) is 22.5 Å². The number of ether oxygens (including phenoxy) is 10. The average Bonchev–Trinajstić information content (AvgIpc) is 0.671. The molecule has 1 unspecified atom stereocenters. The Balaban J connectivity index is 0.000000221. The van der Waals surface area contributed by atoms with Gasteiger partial charge >= 0.3 is 47.9 Å². The van der Waals surface area contributed by atoms with Crippen LogP contribution in [0, 0.1) is 45.3 Å². The number of carbonyl (C=O) groups excluding carboxylic acids is 11. The first-order valence-corrected chi connectivity index (χ1v) is 39.5. The van der Waals surface area contributed by atoms with Gasteiger partial charge < -0.3 is 93.7 Å². The zero-order valence-corrected chi connectivity index (χ0v) is 68.3. The number of aliphatic hydroxyl groups is 7. The number of Topliss-reactive ketones (excluding diaryl/α,β-unsaturated/α-hetero) is 2. The number of aliphatic hydroxyl groups excluding tert-OH is 5. The molecule has 0 spiro atoms. The molecular weight excluding hydrogens is 1560 g/mol. The topological polar surface area (TPSA) is 446 Å². The molecule has 5 aromatic rings. The molecule has 4 saturated carbocycles. The van der Waals surface area contributed by atoms with Crippen LogP contribution >= 0.6 is 0 Å². The summed E-state index contributed by atoms with van der Waals surface area (Å²) in [6.45, 7) is 16.1. The van der Waals surface area contributed by atoms with Crippen LogP contribution < -0.4 is 10.6 Å². The van der Waals surface area contributed by atoms with E-state index in [0.29, 0.717) is 11.1 Å². The predicted molar refractivity (Wildman–Crippen MR) is 420 cm³/mol. The number of fused-ring (bicyclic) bond motifs is 10. The third kappa shape index (κ3) is 15.4. The van der Waals surface area contributed by atoms with Gasteiger partial charge in [0, 0.05) is 62.8 Å². The fourth-order valence-electron chi connectivity index (χ4n) is 19.7. The molecule has 8 aliphatic rings. The normalized spacial score (nSPS) is 32.5. The Bertz CT molecular complexity index is 4930. The Morgan fingerprint density at radius 1 is 0.500 bits per heavy atom. The first-order valence-electron chi connectivity index (χ1n) is 39.5. The maximum Gasteiger partial charge on any atom is 0.408 e. The van der Waals surface area contributed by atoms with Crippen LogP contribution in [-0.2, 0) is 80.9 Å². The number of nitrogens with one attached hydrogen (secondary N) is 2. The summed E-state index contributed by atoms with van der Waals surface area (Å²) in [5.41, 5.74) is -14.3. The summed E-state index contributed by atoms with van der Waals surface area (Å²) in [6, 6.07) is 37.4. The Kier molecular flexibility index (Phi) is 25.0. The van der Waals surface area contributed by atoms with Crippen molar-refractivity contribution in [2.45, 2.75) is 217 Å². The van der Waals surface area contributed by atoms with Gasteiger partial charge in [0.1, 0.15) is 53.9 Å². The SMILES string of the molecule is CC#CCOC(=O)N[C@@H](c1ccccc1)[C@@H](O)C(=O)OC1C[C@@]2(O)[C@@H](OC(=O)c3ccccc3)[C@@H]3[C@]4(OC(C)=O)CO[C@@H]4C[C@H](O)[C@@]3(C)C(=O)[C@H](O)C(=C1C)C2(C)C.CC(=O)O[C@H]1C(=O)[C@@]2(C)[C@H]([C@H](OC(=O)c3ccccc3)[C@]3(O)C[C@H](OC(=O)[C@H](O)[C@@H](NC(=O)c4ccccc4)c4ccccc4)C(C)=C1C3(C)C)[C@]1(OC(C)=O)CO[C@@H]1C[C@@H]2O. The minimum atomic E-state index is -2.39. The summed E-state index contributed by atoms with van der Waals surface area (Å²) in [5.74, 6) is -7.07. The molecule has 2 heterocycles. The lowest BCUT2D eigenvalue weighted by Crippen LogP contribution is -2.82. The molecule has 0 radical (unpaired) electrons. The van der Waals surface area contributed by atoms with E-state index in [-0.39, 0.29) is 71.6 Å². The van der Waals surface area contributed by atoms with E-state index in [1.165, 1.54) is 65.8 Å². The van der Waals surface area contributed by atoms with Crippen LogP contribution in [0.1, 0.15) is 163 Å². The van der Waals surface area contributed by atoms with E-state index in [0.717, 1.165) is 20.8 Å². The molecule has 2 amide bonds. The molecule has 4 bridgehead atoms. The molecule has 6 fully saturated rings. The lowest BCUT2D eigenvalue weighted by Gasteiger charge is -2.67. The van der Waals surface area contributed by atoms with Gasteiger partial charge in [-0.25, -0.2) is 24.0 Å². The van der Waals surface area contributed by atoms with Crippen molar-refractivity contribution in [3.63, 3.8) is 0 Å². The fraction of sp³-hybridized carbons (Fsp3) is 0.478. The molecule has 9 N–H and O–H groups in total. The van der Waals surface area contributed by atoms with Crippen molar-refractivity contribution in [2.75, 3.05) is 19.8 Å². The summed E-state index contributed by atoms with van der Waals surface area (Å²) in [7, 11) is 0. The van der Waals surface area contributed by atoms with Crippen molar-refractivity contribution in [2.24, 2.45) is 33.5 Å². The van der Waals surface area contributed by atoms with E-state index in [4.69, 9.17) is 47.4 Å². The van der Waals surface area contributed by atoms with Crippen LogP contribution in [0.25, 0.3) is 0 Å². The molecule has 5 aromatic carbocycles. The minimum Gasteiger partial charge on any atom is -0.456 e. The molecule has 13 rings (SSSR count). The number of hydrogen-bond donors (Lipinski definition) is 9. The number of amides is 2. The standard InChI is InChI=1S/C47H51NO14.C43H49NO14/c1-25-31(60-43(56)36(52)35(28-16-10-7-11-17-28)48-41(54)29-18-12-8-13-19-29)23-47(57)40(61-42(55)30-20-14-9-15-21-30)38-45(6,32(51)22-33-46(38,24-58-33)62-27(3)50)39(53)37(59-26(2)49)34(25)44(47,4)5;1-7-8-19-54-39(52)44-31(25-15-11-9-12-16-25)33(48)38(51)56-27-21-43(53)36(57-37(50)26-17-13-10-14-18-26)34-41(6,35(49)32(47)30(23(27)2)40(43,4)5)28(46)20-29-42(34,22-55-29)58-24(3)45/h7-21,31-33,35-38,40,51-52,57H,22-24H2,1-6H3,(H,48,54);9-18,27-29,31-34,36,46-48,53H,19-22H2,1-6H3,(H,44,52)/t31-,32-,33+,35-,36+,37+,38-,40-,45+,46-,47+;27?,28-,29+,31-,32+,33+,34-,36-,41+,42-,43+/m00/s1. The largest absolute Gasteiger partial charge is 0.456 e. The lowest BCUT2D eigenvalue weighted by atomic mass is 9.44. The number of esters is 7. The quantitative estimate of drug-likeness (QED) is 0.0192. The molecule has 2 saturated heterocycles. The smallest absolute Gasteiger partial charge is 0.408 e. The summed E-state index contributed by atoms with van der Waals surface area (Å²) in [4.78, 5) is 152. The van der Waals surface area contributed by atoms with Gasteiger partial charge in [-0.15, -0.1) is 5.92 Å². The van der Waals surface area contributed by atoms with E-state index in [9.17, 15) is 83.7 Å². The highest BCUT2D eigenvalue weighted by Crippen LogP contribution is 2.67. The highest BCUT2D eigenvalue weighted by molar-refractivity contribution is 5.97. The monoisotopic (exact) mass is 1660 g/mol. The molecule has 0 aromatic heterocycles. The minimum absolute atomic E-state index is 0.00289. The first kappa shape index (κ1) is 88.4. The molecule has 30 heteroatoms. The van der Waals surface area contributed by atoms with Crippen LogP contribution in [0.15, 0.2) is 174 Å². The molecule has 2 aliphatic heterocycles. The number of benzene rings is 5. The van der Waals surface area contributed by atoms with Crippen molar-refractivity contribution >= 4 is 65.4 Å². The van der Waals surface area contributed by atoms with E-state index < -0.39 is 219 Å². The summed E-state index contributed by atoms with van der Waals surface area (Å²) < 4.78 is 59.4. The average molecular weight is 1660 g/mol. The van der Waals surface area contributed by atoms with Crippen molar-refractivity contribution < 1.29 is 136 Å². The van der Waals surface area contributed by atoms with Crippen LogP contribution in [0.3, 0.4) is 0 Å². The van der Waals surface area contributed by atoms with Crippen molar-refractivity contribution in [1.82, 2.24) is 10.6 Å². The third-order valence-corrected chi connectivity index (χ3v) is 26.1. The second kappa shape index (κ2) is 34.0. The molecule has 30 nitrogen and oxygen atoms in total. The maximum absolute atomic E-state index is 15.5. The molecule has 638 valence electrons. The van der Waals surface area contributed by atoms with Crippen molar-refractivity contribution in [1.29, 1.82) is 0 Å². The second-order valence-electron chi connectivity index (χ2n) is 33.4. The fourth-order valence-corrected chi connectivity index (χ4v) is 19.7. The van der Waals surface area contributed by atoms with Gasteiger partial charge in [0.2, 0.25) is 0 Å². The Hall–Kier alpha value is -10.9. The zero-order valence-electron chi connectivity index (χ0n) is 68.3. The Morgan fingerprint density at radius 2 is 0.875 bits per heavy atom. The highest BCUT2D eigenvalue weighted by atomic mass is 16.7. The number of carbonyl (C=O) groups is 11. The van der Waals surface area contributed by atoms with Gasteiger partial charge in [-0.1, -0.05) is 149 Å².